The SMILES string of the molecule is CNc1ccc2nc(-c3ccc(N)c(CCC(N)CF)c3)ccc2c1. The van der Waals surface area contributed by atoms with Crippen LogP contribution in [0.2, 0.25) is 0 Å². The molecular formula is C20H23FN4. The van der Waals surface area contributed by atoms with Gasteiger partial charge in [-0.3, -0.25) is 0 Å². The number of benzene rings is 2. The standard InChI is InChI=1S/C20H23FN4/c1-24-17-6-9-20-15(11-17)4-8-19(25-20)14-3-7-18(23)13(10-14)2-5-16(22)12-21/h3-4,6-11,16,24H,2,5,12,22-23H2,1H3. The molecule has 1 unspecified atom stereocenters. The van der Waals surface area contributed by atoms with Crippen molar-refractivity contribution in [2.45, 2.75) is 18.9 Å². The van der Waals surface area contributed by atoms with E-state index in [4.69, 9.17) is 16.5 Å². The molecule has 0 spiro atoms. The number of nitrogen functional groups attached to an aromatic ring is 1. The minimum atomic E-state index is -0.513. The van der Waals surface area contributed by atoms with E-state index in [1.807, 2.05) is 43.4 Å². The summed E-state index contributed by atoms with van der Waals surface area (Å²) in [4.78, 5) is 4.75. The number of halogens is 1. The third-order valence-electron chi connectivity index (χ3n) is 4.40. The molecule has 3 aromatic rings. The molecule has 2 aromatic carbocycles. The van der Waals surface area contributed by atoms with E-state index in [1.54, 1.807) is 0 Å². The number of aromatic nitrogens is 1. The number of rotatable bonds is 6. The highest BCUT2D eigenvalue weighted by Crippen LogP contribution is 2.26. The van der Waals surface area contributed by atoms with E-state index in [9.17, 15) is 4.39 Å². The largest absolute Gasteiger partial charge is 0.399 e. The lowest BCUT2D eigenvalue weighted by Gasteiger charge is -2.11. The number of hydrogen-bond donors (Lipinski definition) is 3. The van der Waals surface area contributed by atoms with Crippen LogP contribution in [0.15, 0.2) is 48.5 Å². The molecule has 0 bridgehead atoms. The zero-order chi connectivity index (χ0) is 17.8. The second-order valence-corrected chi connectivity index (χ2v) is 6.22. The Morgan fingerprint density at radius 1 is 1.12 bits per heavy atom. The summed E-state index contributed by atoms with van der Waals surface area (Å²) in [5.41, 5.74) is 17.3. The van der Waals surface area contributed by atoms with Gasteiger partial charge in [-0.25, -0.2) is 9.37 Å². The quantitative estimate of drug-likeness (QED) is 0.598. The lowest BCUT2D eigenvalue weighted by molar-refractivity contribution is 0.414. The highest BCUT2D eigenvalue weighted by Gasteiger charge is 2.08. The van der Waals surface area contributed by atoms with Gasteiger partial charge in [0.15, 0.2) is 0 Å². The lowest BCUT2D eigenvalue weighted by Crippen LogP contribution is -2.22. The van der Waals surface area contributed by atoms with Crippen LogP contribution in [0.4, 0.5) is 15.8 Å². The van der Waals surface area contributed by atoms with Crippen molar-refractivity contribution in [1.82, 2.24) is 4.98 Å². The van der Waals surface area contributed by atoms with E-state index in [0.29, 0.717) is 18.5 Å². The summed E-state index contributed by atoms with van der Waals surface area (Å²) in [6.45, 7) is -0.513. The monoisotopic (exact) mass is 338 g/mol. The summed E-state index contributed by atoms with van der Waals surface area (Å²) in [6, 6.07) is 15.6. The summed E-state index contributed by atoms with van der Waals surface area (Å²) in [6.07, 6.45) is 1.23. The lowest BCUT2D eigenvalue weighted by atomic mass is 10.00. The van der Waals surface area contributed by atoms with Gasteiger partial charge in [-0.2, -0.15) is 0 Å². The summed E-state index contributed by atoms with van der Waals surface area (Å²) < 4.78 is 12.6. The van der Waals surface area contributed by atoms with Gasteiger partial charge >= 0.3 is 0 Å². The Labute approximate surface area is 147 Å². The molecule has 0 aliphatic carbocycles. The average molecular weight is 338 g/mol. The second-order valence-electron chi connectivity index (χ2n) is 6.22. The Morgan fingerprint density at radius 3 is 2.72 bits per heavy atom. The van der Waals surface area contributed by atoms with Crippen molar-refractivity contribution < 1.29 is 4.39 Å². The predicted octanol–water partition coefficient (Wildman–Crippen LogP) is 3.76. The van der Waals surface area contributed by atoms with Crippen LogP contribution in [0.5, 0.6) is 0 Å². The highest BCUT2D eigenvalue weighted by atomic mass is 19.1. The highest BCUT2D eigenvalue weighted by molar-refractivity contribution is 5.84. The molecule has 5 N–H and O–H groups in total. The normalized spacial score (nSPS) is 12.3. The van der Waals surface area contributed by atoms with E-state index in [1.165, 1.54) is 0 Å². The predicted molar refractivity (Wildman–Crippen MR) is 103 cm³/mol. The van der Waals surface area contributed by atoms with Gasteiger partial charge in [0.25, 0.3) is 0 Å². The van der Waals surface area contributed by atoms with Crippen molar-refractivity contribution >= 4 is 22.3 Å². The summed E-state index contributed by atoms with van der Waals surface area (Å²) in [5, 5.41) is 4.21. The number of alkyl halides is 1. The van der Waals surface area contributed by atoms with Crippen molar-refractivity contribution in [1.29, 1.82) is 0 Å². The number of hydrogen-bond acceptors (Lipinski definition) is 4. The smallest absolute Gasteiger partial charge is 0.104 e. The molecule has 1 heterocycles. The maximum absolute atomic E-state index is 12.6. The van der Waals surface area contributed by atoms with Crippen LogP contribution in [0.3, 0.4) is 0 Å². The van der Waals surface area contributed by atoms with Crippen molar-refractivity contribution in [3.63, 3.8) is 0 Å². The molecule has 0 saturated carbocycles. The number of nitrogens with two attached hydrogens (primary N) is 2. The first-order valence-electron chi connectivity index (χ1n) is 8.39. The summed E-state index contributed by atoms with van der Waals surface area (Å²) >= 11 is 0. The van der Waals surface area contributed by atoms with E-state index in [-0.39, 0.29) is 0 Å². The van der Waals surface area contributed by atoms with Crippen LogP contribution in [-0.4, -0.2) is 24.7 Å². The molecule has 5 heteroatoms. The second kappa shape index (κ2) is 7.49. The first kappa shape index (κ1) is 17.2. The minimum absolute atomic E-state index is 0.441. The Kier molecular flexibility index (Phi) is 5.14. The number of anilines is 2. The third-order valence-corrected chi connectivity index (χ3v) is 4.40. The molecular weight excluding hydrogens is 315 g/mol. The van der Waals surface area contributed by atoms with Crippen LogP contribution < -0.4 is 16.8 Å². The van der Waals surface area contributed by atoms with E-state index >= 15 is 0 Å². The molecule has 0 aliphatic heterocycles. The molecule has 4 nitrogen and oxygen atoms in total. The molecule has 1 aromatic heterocycles. The number of nitrogens with one attached hydrogen (secondary N) is 1. The van der Waals surface area contributed by atoms with Gasteiger partial charge in [0.05, 0.1) is 11.2 Å². The van der Waals surface area contributed by atoms with E-state index < -0.39 is 12.7 Å². The van der Waals surface area contributed by atoms with Crippen LogP contribution in [0, 0.1) is 0 Å². The van der Waals surface area contributed by atoms with Gasteiger partial charge in [-0.15, -0.1) is 0 Å². The van der Waals surface area contributed by atoms with Crippen molar-refractivity contribution in [2.75, 3.05) is 24.8 Å². The van der Waals surface area contributed by atoms with E-state index in [2.05, 4.69) is 17.4 Å². The van der Waals surface area contributed by atoms with Gasteiger partial charge in [0.1, 0.15) is 6.67 Å². The first-order chi connectivity index (χ1) is 12.1. The fourth-order valence-electron chi connectivity index (χ4n) is 2.84. The van der Waals surface area contributed by atoms with Gasteiger partial charge in [0.2, 0.25) is 0 Å². The molecule has 0 fully saturated rings. The van der Waals surface area contributed by atoms with Crippen molar-refractivity contribution in [3.05, 3.63) is 54.1 Å². The molecule has 0 saturated heterocycles. The fraction of sp³-hybridized carbons (Fsp3) is 0.250. The van der Waals surface area contributed by atoms with E-state index in [0.717, 1.165) is 33.4 Å². The van der Waals surface area contributed by atoms with Crippen LogP contribution in [0.25, 0.3) is 22.2 Å². The summed E-state index contributed by atoms with van der Waals surface area (Å²) in [7, 11) is 1.90. The third kappa shape index (κ3) is 3.88. The Morgan fingerprint density at radius 2 is 1.96 bits per heavy atom. The zero-order valence-electron chi connectivity index (χ0n) is 14.3. The van der Waals surface area contributed by atoms with Gasteiger partial charge < -0.3 is 16.8 Å². The number of nitrogens with zero attached hydrogens (tertiary/aromatic N) is 1. The topological polar surface area (TPSA) is 77.0 Å². The zero-order valence-corrected chi connectivity index (χ0v) is 14.3. The van der Waals surface area contributed by atoms with Gasteiger partial charge in [-0.05, 0) is 54.8 Å². The number of fused-ring (bicyclic) bond motifs is 1. The van der Waals surface area contributed by atoms with Crippen molar-refractivity contribution in [2.24, 2.45) is 5.73 Å². The Bertz CT molecular complexity index is 879. The van der Waals surface area contributed by atoms with Crippen molar-refractivity contribution in [3.8, 4) is 11.3 Å². The maximum Gasteiger partial charge on any atom is 0.104 e. The van der Waals surface area contributed by atoms with Crippen LogP contribution in [-0.2, 0) is 6.42 Å². The maximum atomic E-state index is 12.6. The molecule has 130 valence electrons. The molecule has 0 amide bonds. The average Bonchev–Trinajstić information content (AvgIpc) is 2.66. The first-order valence-corrected chi connectivity index (χ1v) is 8.39. The molecule has 0 aliphatic rings. The summed E-state index contributed by atoms with van der Waals surface area (Å²) in [5.74, 6) is 0. The number of aryl methyl sites for hydroxylation is 1. The van der Waals surface area contributed by atoms with Gasteiger partial charge in [0, 0.05) is 35.4 Å². The Balaban J connectivity index is 1.91. The van der Waals surface area contributed by atoms with Crippen LogP contribution >= 0.6 is 0 Å². The van der Waals surface area contributed by atoms with Crippen LogP contribution in [0.1, 0.15) is 12.0 Å². The molecule has 25 heavy (non-hydrogen) atoms. The Hall–Kier alpha value is -2.66. The molecule has 1 atom stereocenters. The molecule has 0 radical (unpaired) electrons. The molecule has 3 rings (SSSR count). The number of pyridine rings is 1. The fourth-order valence-corrected chi connectivity index (χ4v) is 2.84. The van der Waals surface area contributed by atoms with Gasteiger partial charge in [-0.1, -0.05) is 12.1 Å². The minimum Gasteiger partial charge on any atom is -0.399 e.